The fraction of sp³-hybridized carbons (Fsp3) is 0.421. The van der Waals surface area contributed by atoms with Crippen molar-refractivity contribution >= 4 is 27.4 Å². The van der Waals surface area contributed by atoms with Gasteiger partial charge >= 0.3 is 0 Å². The summed E-state index contributed by atoms with van der Waals surface area (Å²) in [6, 6.07) is 4.53. The van der Waals surface area contributed by atoms with E-state index < -0.39 is 0 Å². The van der Waals surface area contributed by atoms with Gasteiger partial charge in [-0.15, -0.1) is 11.3 Å². The van der Waals surface area contributed by atoms with Crippen molar-refractivity contribution in [3.8, 4) is 11.4 Å². The molecule has 122 valence electrons. The van der Waals surface area contributed by atoms with Gasteiger partial charge in [0.05, 0.1) is 5.39 Å². The van der Waals surface area contributed by atoms with E-state index in [9.17, 15) is 0 Å². The zero-order valence-corrected chi connectivity index (χ0v) is 14.6. The van der Waals surface area contributed by atoms with Crippen molar-refractivity contribution < 1.29 is 0 Å². The second-order valence-electron chi connectivity index (χ2n) is 6.99. The van der Waals surface area contributed by atoms with Gasteiger partial charge in [0.1, 0.15) is 10.6 Å². The van der Waals surface area contributed by atoms with E-state index in [1.165, 1.54) is 47.9 Å². The van der Waals surface area contributed by atoms with Crippen LogP contribution in [-0.4, -0.2) is 21.0 Å². The van der Waals surface area contributed by atoms with E-state index >= 15 is 0 Å². The summed E-state index contributed by atoms with van der Waals surface area (Å²) in [4.78, 5) is 16.6. The fourth-order valence-corrected chi connectivity index (χ4v) is 4.85. The van der Waals surface area contributed by atoms with Crippen molar-refractivity contribution in [1.29, 1.82) is 0 Å². The van der Waals surface area contributed by atoms with Gasteiger partial charge in [0.25, 0.3) is 0 Å². The van der Waals surface area contributed by atoms with E-state index in [1.54, 1.807) is 12.4 Å². The van der Waals surface area contributed by atoms with Crippen molar-refractivity contribution in [3.63, 3.8) is 0 Å². The Labute approximate surface area is 145 Å². The van der Waals surface area contributed by atoms with Crippen LogP contribution in [0.2, 0.25) is 0 Å². The van der Waals surface area contributed by atoms with Crippen molar-refractivity contribution in [1.82, 2.24) is 15.0 Å². The Morgan fingerprint density at radius 2 is 1.92 bits per heavy atom. The number of hydrogen-bond acceptors (Lipinski definition) is 5. The van der Waals surface area contributed by atoms with Gasteiger partial charge in [-0.2, -0.15) is 0 Å². The number of rotatable bonds is 3. The maximum Gasteiger partial charge on any atom is 0.163 e. The summed E-state index contributed by atoms with van der Waals surface area (Å²) in [5, 5.41) is 4.98. The molecule has 0 spiro atoms. The standard InChI is InChI=1S/C19H20N4S/c1-11-10-14(11)21-18-16-13-4-2-3-5-15(13)24-19(16)23-17(22-18)12-6-8-20-9-7-12/h6-9,11,14H,2-5,10H2,1H3,(H,21,22,23)/t11-,14-/m0/s1. The summed E-state index contributed by atoms with van der Waals surface area (Å²) < 4.78 is 0. The molecule has 0 amide bonds. The lowest BCUT2D eigenvalue weighted by Crippen LogP contribution is -2.08. The van der Waals surface area contributed by atoms with Crippen LogP contribution in [0.5, 0.6) is 0 Å². The molecule has 2 aliphatic carbocycles. The molecule has 1 N–H and O–H groups in total. The van der Waals surface area contributed by atoms with Crippen LogP contribution in [0.3, 0.4) is 0 Å². The molecule has 3 aromatic rings. The molecule has 0 saturated heterocycles. The quantitative estimate of drug-likeness (QED) is 0.767. The molecule has 3 aromatic heterocycles. The summed E-state index contributed by atoms with van der Waals surface area (Å²) in [7, 11) is 0. The molecule has 4 nitrogen and oxygen atoms in total. The summed E-state index contributed by atoms with van der Waals surface area (Å²) in [6.07, 6.45) is 9.79. The van der Waals surface area contributed by atoms with Crippen molar-refractivity contribution in [2.75, 3.05) is 5.32 Å². The van der Waals surface area contributed by atoms with Crippen LogP contribution in [0.25, 0.3) is 21.6 Å². The molecular formula is C19H20N4S. The highest BCUT2D eigenvalue weighted by Gasteiger charge is 2.34. The first-order valence-corrected chi connectivity index (χ1v) is 9.60. The van der Waals surface area contributed by atoms with E-state index in [2.05, 4.69) is 17.2 Å². The number of fused-ring (bicyclic) bond motifs is 3. The number of aryl methyl sites for hydroxylation is 2. The van der Waals surface area contributed by atoms with Crippen molar-refractivity contribution in [3.05, 3.63) is 35.0 Å². The average Bonchev–Trinajstić information content (AvgIpc) is 3.17. The van der Waals surface area contributed by atoms with Crippen molar-refractivity contribution in [2.24, 2.45) is 5.92 Å². The van der Waals surface area contributed by atoms with Crippen LogP contribution < -0.4 is 5.32 Å². The second-order valence-corrected chi connectivity index (χ2v) is 8.07. The summed E-state index contributed by atoms with van der Waals surface area (Å²) >= 11 is 1.86. The lowest BCUT2D eigenvalue weighted by atomic mass is 9.97. The van der Waals surface area contributed by atoms with Gasteiger partial charge in [-0.05, 0) is 55.7 Å². The summed E-state index contributed by atoms with van der Waals surface area (Å²) in [5.41, 5.74) is 2.53. The van der Waals surface area contributed by atoms with E-state index in [0.717, 1.165) is 28.0 Å². The van der Waals surface area contributed by atoms with Gasteiger partial charge in [-0.1, -0.05) is 6.92 Å². The van der Waals surface area contributed by atoms with E-state index in [0.29, 0.717) is 6.04 Å². The Hall–Kier alpha value is -2.01. The smallest absolute Gasteiger partial charge is 0.163 e. The highest BCUT2D eigenvalue weighted by molar-refractivity contribution is 7.19. The highest BCUT2D eigenvalue weighted by atomic mass is 32.1. The van der Waals surface area contributed by atoms with Crippen LogP contribution >= 0.6 is 11.3 Å². The maximum absolute atomic E-state index is 4.92. The Morgan fingerprint density at radius 3 is 2.71 bits per heavy atom. The van der Waals surface area contributed by atoms with Gasteiger partial charge in [0, 0.05) is 28.9 Å². The van der Waals surface area contributed by atoms with Crippen LogP contribution in [0.4, 0.5) is 5.82 Å². The number of pyridine rings is 1. The van der Waals surface area contributed by atoms with Gasteiger partial charge in [-0.25, -0.2) is 9.97 Å². The van der Waals surface area contributed by atoms with E-state index in [1.807, 2.05) is 23.5 Å². The number of aromatic nitrogens is 3. The van der Waals surface area contributed by atoms with Crippen LogP contribution in [0.1, 0.15) is 36.6 Å². The third-order valence-corrected chi connectivity index (χ3v) is 6.37. The first kappa shape index (κ1) is 14.3. The summed E-state index contributed by atoms with van der Waals surface area (Å²) in [5.74, 6) is 2.59. The Balaban J connectivity index is 1.70. The van der Waals surface area contributed by atoms with Crippen molar-refractivity contribution in [2.45, 2.75) is 45.1 Å². The highest BCUT2D eigenvalue weighted by Crippen LogP contribution is 2.41. The molecule has 0 unspecified atom stereocenters. The minimum atomic E-state index is 0.563. The Bertz CT molecular complexity index is 903. The average molecular weight is 336 g/mol. The molecule has 3 heterocycles. The fourth-order valence-electron chi connectivity index (χ4n) is 3.59. The minimum Gasteiger partial charge on any atom is -0.366 e. The van der Waals surface area contributed by atoms with Gasteiger partial charge in [0.2, 0.25) is 0 Å². The number of thiophene rings is 1. The third-order valence-electron chi connectivity index (χ3n) is 5.18. The molecule has 0 bridgehead atoms. The van der Waals surface area contributed by atoms with E-state index in [4.69, 9.17) is 9.97 Å². The molecule has 2 atom stereocenters. The maximum atomic E-state index is 4.92. The molecule has 5 rings (SSSR count). The van der Waals surface area contributed by atoms with Crippen LogP contribution in [-0.2, 0) is 12.8 Å². The molecule has 1 saturated carbocycles. The monoisotopic (exact) mass is 336 g/mol. The predicted octanol–water partition coefficient (Wildman–Crippen LogP) is 4.45. The molecule has 2 aliphatic rings. The number of hydrogen-bond donors (Lipinski definition) is 1. The lowest BCUT2D eigenvalue weighted by molar-refractivity contribution is 0.700. The molecule has 0 radical (unpaired) electrons. The molecular weight excluding hydrogens is 316 g/mol. The third kappa shape index (κ3) is 2.38. The molecule has 1 fully saturated rings. The molecule has 0 aromatic carbocycles. The largest absolute Gasteiger partial charge is 0.366 e. The SMILES string of the molecule is C[C@H]1C[C@@H]1Nc1nc(-c2ccncc2)nc2sc3c(c12)CCCC3. The summed E-state index contributed by atoms with van der Waals surface area (Å²) in [6.45, 7) is 2.29. The Kier molecular flexibility index (Phi) is 3.30. The Morgan fingerprint density at radius 1 is 1.12 bits per heavy atom. The van der Waals surface area contributed by atoms with Gasteiger partial charge in [0.15, 0.2) is 5.82 Å². The molecule has 24 heavy (non-hydrogen) atoms. The van der Waals surface area contributed by atoms with Crippen LogP contribution in [0.15, 0.2) is 24.5 Å². The second kappa shape index (κ2) is 5.52. The first-order valence-electron chi connectivity index (χ1n) is 8.79. The van der Waals surface area contributed by atoms with Crippen LogP contribution in [0, 0.1) is 5.92 Å². The minimum absolute atomic E-state index is 0.563. The predicted molar refractivity (Wildman–Crippen MR) is 98.5 cm³/mol. The van der Waals surface area contributed by atoms with E-state index in [-0.39, 0.29) is 0 Å². The van der Waals surface area contributed by atoms with Gasteiger partial charge in [-0.3, -0.25) is 4.98 Å². The normalized spacial score (nSPS) is 22.4. The van der Waals surface area contributed by atoms with Gasteiger partial charge < -0.3 is 5.32 Å². The zero-order valence-electron chi connectivity index (χ0n) is 13.7. The topological polar surface area (TPSA) is 50.7 Å². The number of nitrogens with one attached hydrogen (secondary N) is 1. The molecule has 5 heteroatoms. The number of anilines is 1. The lowest BCUT2D eigenvalue weighted by Gasteiger charge is -2.13. The first-order chi connectivity index (χ1) is 11.8. The number of nitrogens with zero attached hydrogens (tertiary/aromatic N) is 3. The zero-order chi connectivity index (χ0) is 16.1. The molecule has 0 aliphatic heterocycles.